The Bertz CT molecular complexity index is 1040. The SMILES string of the molecule is O=C1c2cccc3c(N4CCCN(CCCC(F)(F)F)CC4)ccc(c23)N1CCCC(F)(F)F. The number of amides is 1. The highest BCUT2D eigenvalue weighted by Gasteiger charge is 2.33. The zero-order valence-electron chi connectivity index (χ0n) is 18.7. The van der Waals surface area contributed by atoms with Gasteiger partial charge in [-0.15, -0.1) is 0 Å². The van der Waals surface area contributed by atoms with Gasteiger partial charge in [0.2, 0.25) is 0 Å². The lowest BCUT2D eigenvalue weighted by molar-refractivity contribution is -0.136. The van der Waals surface area contributed by atoms with Crippen LogP contribution in [-0.4, -0.2) is 62.4 Å². The molecule has 0 bridgehead atoms. The average molecular weight is 487 g/mol. The molecule has 2 heterocycles. The monoisotopic (exact) mass is 487 g/mol. The Morgan fingerprint density at radius 1 is 0.765 bits per heavy atom. The van der Waals surface area contributed by atoms with Gasteiger partial charge in [-0.2, -0.15) is 26.3 Å². The van der Waals surface area contributed by atoms with Crippen molar-refractivity contribution >= 4 is 28.1 Å². The third-order valence-electron chi connectivity index (χ3n) is 6.47. The first-order chi connectivity index (χ1) is 16.0. The molecule has 1 saturated heterocycles. The fourth-order valence-electron chi connectivity index (χ4n) is 4.90. The molecule has 2 aromatic carbocycles. The number of hydrogen-bond acceptors (Lipinski definition) is 3. The van der Waals surface area contributed by atoms with E-state index in [1.165, 1.54) is 4.90 Å². The molecule has 0 aromatic heterocycles. The van der Waals surface area contributed by atoms with Crippen molar-refractivity contribution in [3.05, 3.63) is 35.9 Å². The molecule has 0 N–H and O–H groups in total. The van der Waals surface area contributed by atoms with Gasteiger partial charge in [0.05, 0.1) is 5.69 Å². The predicted octanol–water partition coefficient (Wildman–Crippen LogP) is 6.00. The van der Waals surface area contributed by atoms with Gasteiger partial charge < -0.3 is 14.7 Å². The third-order valence-corrected chi connectivity index (χ3v) is 6.47. The summed E-state index contributed by atoms with van der Waals surface area (Å²) in [7, 11) is 0. The van der Waals surface area contributed by atoms with Gasteiger partial charge in [-0.3, -0.25) is 4.79 Å². The van der Waals surface area contributed by atoms with Crippen LogP contribution in [0, 0.1) is 0 Å². The Morgan fingerprint density at radius 3 is 2.15 bits per heavy atom. The second kappa shape index (κ2) is 9.64. The molecule has 1 fully saturated rings. The van der Waals surface area contributed by atoms with Crippen LogP contribution in [0.3, 0.4) is 0 Å². The standard InChI is InChI=1S/C24H27F6N3O/c25-23(26,27)9-2-11-31-12-4-13-32(16-15-31)19-7-8-20-21-17(19)5-1-6-18(21)22(34)33(20)14-3-10-24(28,29)30/h1,5-8H,2-4,9-16H2. The fourth-order valence-corrected chi connectivity index (χ4v) is 4.90. The molecule has 0 spiro atoms. The number of carbonyl (C=O) groups is 1. The van der Waals surface area contributed by atoms with Crippen LogP contribution in [0.25, 0.3) is 10.8 Å². The van der Waals surface area contributed by atoms with Gasteiger partial charge in [-0.25, -0.2) is 0 Å². The van der Waals surface area contributed by atoms with Gasteiger partial charge in [0.15, 0.2) is 0 Å². The molecule has 2 aromatic rings. The van der Waals surface area contributed by atoms with Crippen molar-refractivity contribution in [2.24, 2.45) is 0 Å². The zero-order chi connectivity index (χ0) is 24.5. The minimum atomic E-state index is -4.26. The summed E-state index contributed by atoms with van der Waals surface area (Å²) in [5.41, 5.74) is 2.05. The van der Waals surface area contributed by atoms with Crippen molar-refractivity contribution in [2.45, 2.75) is 44.5 Å². The Morgan fingerprint density at radius 2 is 1.44 bits per heavy atom. The van der Waals surface area contributed by atoms with Crippen LogP contribution in [0.1, 0.15) is 42.5 Å². The minimum Gasteiger partial charge on any atom is -0.370 e. The Hall–Kier alpha value is -2.49. The van der Waals surface area contributed by atoms with E-state index in [0.717, 1.165) is 36.0 Å². The number of benzene rings is 2. The van der Waals surface area contributed by atoms with Crippen molar-refractivity contribution in [2.75, 3.05) is 49.1 Å². The van der Waals surface area contributed by atoms with E-state index >= 15 is 0 Å². The van der Waals surface area contributed by atoms with Crippen LogP contribution < -0.4 is 9.80 Å². The van der Waals surface area contributed by atoms with E-state index in [9.17, 15) is 31.1 Å². The largest absolute Gasteiger partial charge is 0.389 e. The molecule has 0 atom stereocenters. The third kappa shape index (κ3) is 5.59. The maximum atomic E-state index is 12.9. The lowest BCUT2D eigenvalue weighted by atomic mass is 10.0. The number of nitrogens with zero attached hydrogens (tertiary/aromatic N) is 3. The maximum absolute atomic E-state index is 12.9. The Labute approximate surface area is 194 Å². The van der Waals surface area contributed by atoms with E-state index in [1.807, 2.05) is 12.1 Å². The van der Waals surface area contributed by atoms with E-state index in [1.54, 1.807) is 18.2 Å². The second-order valence-electron chi connectivity index (χ2n) is 8.91. The van der Waals surface area contributed by atoms with Gasteiger partial charge >= 0.3 is 12.4 Å². The quantitative estimate of drug-likeness (QED) is 0.449. The molecule has 34 heavy (non-hydrogen) atoms. The molecule has 0 aliphatic carbocycles. The summed E-state index contributed by atoms with van der Waals surface area (Å²) in [6, 6.07) is 9.09. The Kier molecular flexibility index (Phi) is 6.98. The van der Waals surface area contributed by atoms with Crippen molar-refractivity contribution in [3.8, 4) is 0 Å². The molecule has 4 rings (SSSR count). The molecular formula is C24H27F6N3O. The van der Waals surface area contributed by atoms with Crippen molar-refractivity contribution in [1.82, 2.24) is 4.90 Å². The fraction of sp³-hybridized carbons (Fsp3) is 0.542. The van der Waals surface area contributed by atoms with Gasteiger partial charge in [0.25, 0.3) is 5.91 Å². The van der Waals surface area contributed by atoms with Crippen molar-refractivity contribution in [1.29, 1.82) is 0 Å². The number of halogens is 6. The molecule has 1 amide bonds. The van der Waals surface area contributed by atoms with Gasteiger partial charge in [0, 0.05) is 61.0 Å². The summed E-state index contributed by atoms with van der Waals surface area (Å²) in [4.78, 5) is 18.6. The second-order valence-corrected chi connectivity index (χ2v) is 8.91. The number of rotatable bonds is 7. The number of alkyl halides is 6. The van der Waals surface area contributed by atoms with Crippen LogP contribution >= 0.6 is 0 Å². The van der Waals surface area contributed by atoms with Crippen LogP contribution in [-0.2, 0) is 0 Å². The molecule has 4 nitrogen and oxygen atoms in total. The molecule has 0 radical (unpaired) electrons. The summed E-state index contributed by atoms with van der Waals surface area (Å²) < 4.78 is 75.2. The number of carbonyl (C=O) groups excluding carboxylic acids is 1. The predicted molar refractivity (Wildman–Crippen MR) is 119 cm³/mol. The van der Waals surface area contributed by atoms with E-state index in [0.29, 0.717) is 30.9 Å². The van der Waals surface area contributed by atoms with E-state index in [4.69, 9.17) is 0 Å². The highest BCUT2D eigenvalue weighted by molar-refractivity contribution is 6.26. The summed E-state index contributed by atoms with van der Waals surface area (Å²) in [6.45, 7) is 3.15. The lowest BCUT2D eigenvalue weighted by Crippen LogP contribution is -2.32. The average Bonchev–Trinajstić information content (AvgIpc) is 2.90. The van der Waals surface area contributed by atoms with E-state index in [-0.39, 0.29) is 25.3 Å². The van der Waals surface area contributed by atoms with Crippen LogP contribution in [0.4, 0.5) is 37.7 Å². The van der Waals surface area contributed by atoms with Gasteiger partial charge in [0.1, 0.15) is 0 Å². The van der Waals surface area contributed by atoms with E-state index in [2.05, 4.69) is 9.80 Å². The highest BCUT2D eigenvalue weighted by Crippen LogP contribution is 2.42. The number of anilines is 2. The van der Waals surface area contributed by atoms with E-state index < -0.39 is 25.2 Å². The first kappa shape index (κ1) is 24.6. The van der Waals surface area contributed by atoms with Crippen molar-refractivity contribution in [3.63, 3.8) is 0 Å². The van der Waals surface area contributed by atoms with Gasteiger partial charge in [-0.1, -0.05) is 12.1 Å². The summed E-state index contributed by atoms with van der Waals surface area (Å²) in [5, 5.41) is 1.62. The first-order valence-electron chi connectivity index (χ1n) is 11.5. The molecule has 0 unspecified atom stereocenters. The topological polar surface area (TPSA) is 26.8 Å². The number of hydrogen-bond donors (Lipinski definition) is 0. The molecule has 10 heteroatoms. The molecule has 186 valence electrons. The van der Waals surface area contributed by atoms with Crippen LogP contribution in [0.5, 0.6) is 0 Å². The molecule has 2 aliphatic heterocycles. The zero-order valence-corrected chi connectivity index (χ0v) is 18.7. The normalized spacial score (nSPS) is 17.6. The molecule has 2 aliphatic rings. The minimum absolute atomic E-state index is 0.00191. The van der Waals surface area contributed by atoms with Crippen LogP contribution in [0.15, 0.2) is 30.3 Å². The van der Waals surface area contributed by atoms with Crippen molar-refractivity contribution < 1.29 is 31.1 Å². The Balaban J connectivity index is 1.50. The molecule has 0 saturated carbocycles. The first-order valence-corrected chi connectivity index (χ1v) is 11.5. The lowest BCUT2D eigenvalue weighted by Gasteiger charge is -2.26. The summed E-state index contributed by atoms with van der Waals surface area (Å²) >= 11 is 0. The highest BCUT2D eigenvalue weighted by atomic mass is 19.4. The smallest absolute Gasteiger partial charge is 0.370 e. The molecular weight excluding hydrogens is 460 g/mol. The van der Waals surface area contributed by atoms with Gasteiger partial charge in [-0.05, 0) is 50.6 Å². The summed E-state index contributed by atoms with van der Waals surface area (Å²) in [6.07, 6.45) is -9.41. The van der Waals surface area contributed by atoms with Crippen LogP contribution in [0.2, 0.25) is 0 Å². The summed E-state index contributed by atoms with van der Waals surface area (Å²) in [5.74, 6) is -0.286. The maximum Gasteiger partial charge on any atom is 0.389 e.